The van der Waals surface area contributed by atoms with E-state index in [9.17, 15) is 18.8 Å². The summed E-state index contributed by atoms with van der Waals surface area (Å²) in [4.78, 5) is 37.8. The summed E-state index contributed by atoms with van der Waals surface area (Å²) >= 11 is 0.943. The van der Waals surface area contributed by atoms with Crippen LogP contribution in [0.3, 0.4) is 0 Å². The number of thiophene rings is 1. The molecule has 30 heavy (non-hydrogen) atoms. The smallest absolute Gasteiger partial charge is 0.341 e. The van der Waals surface area contributed by atoms with Crippen LogP contribution < -0.4 is 16.4 Å². The van der Waals surface area contributed by atoms with Crippen molar-refractivity contribution in [2.75, 3.05) is 23.5 Å². The molecule has 0 saturated heterocycles. The molecule has 1 heterocycles. The van der Waals surface area contributed by atoms with E-state index in [1.165, 1.54) is 31.4 Å². The van der Waals surface area contributed by atoms with Crippen LogP contribution in [-0.4, -0.2) is 24.9 Å². The molecule has 3 aromatic rings. The molecule has 0 aliphatic carbocycles. The van der Waals surface area contributed by atoms with Gasteiger partial charge in [-0.25, -0.2) is 9.18 Å². The first-order chi connectivity index (χ1) is 14.3. The molecular weight excluding hydrogens is 409 g/mol. The predicted molar refractivity (Wildman–Crippen MR) is 114 cm³/mol. The van der Waals surface area contributed by atoms with Crippen LogP contribution >= 0.6 is 11.3 Å². The summed E-state index contributed by atoms with van der Waals surface area (Å²) in [5, 5.41) is 5.48. The average Bonchev–Trinajstić information content (AvgIpc) is 3.05. The topological polar surface area (TPSA) is 111 Å². The zero-order chi connectivity index (χ0) is 21.8. The second-order valence-electron chi connectivity index (χ2n) is 6.29. The Morgan fingerprint density at radius 1 is 0.967 bits per heavy atom. The maximum Gasteiger partial charge on any atom is 0.341 e. The zero-order valence-electron chi connectivity index (χ0n) is 16.1. The van der Waals surface area contributed by atoms with Crippen molar-refractivity contribution in [1.29, 1.82) is 0 Å². The first kappa shape index (κ1) is 21.0. The molecule has 0 radical (unpaired) electrons. The number of ether oxygens (including phenoxy) is 1. The average molecular weight is 427 g/mol. The third-order valence-corrected chi connectivity index (χ3v) is 5.45. The minimum Gasteiger partial charge on any atom is -0.465 e. The monoisotopic (exact) mass is 427 g/mol. The summed E-state index contributed by atoms with van der Waals surface area (Å²) in [6, 6.07) is 11.5. The number of halogens is 1. The summed E-state index contributed by atoms with van der Waals surface area (Å²) in [6.07, 6.45) is 0. The fourth-order valence-electron chi connectivity index (χ4n) is 2.70. The number of rotatable bonds is 5. The number of esters is 1. The van der Waals surface area contributed by atoms with Gasteiger partial charge in [0.2, 0.25) is 0 Å². The lowest BCUT2D eigenvalue weighted by atomic mass is 10.1. The summed E-state index contributed by atoms with van der Waals surface area (Å²) in [6.45, 7) is 1.58. The van der Waals surface area contributed by atoms with Gasteiger partial charge in [0.05, 0.1) is 17.6 Å². The molecular formula is C21H18FN3O4S. The van der Waals surface area contributed by atoms with E-state index in [0.29, 0.717) is 22.5 Å². The SMILES string of the molecule is COC(=O)c1c(NC(=O)c2ccc(N)cc2)sc(C(=O)Nc2ccc(F)cc2)c1C. The second-order valence-corrected chi connectivity index (χ2v) is 7.31. The number of hydrogen-bond acceptors (Lipinski definition) is 6. The highest BCUT2D eigenvalue weighted by molar-refractivity contribution is 7.19. The lowest BCUT2D eigenvalue weighted by Crippen LogP contribution is -2.14. The standard InChI is InChI=1S/C21H18FN3O4S/c1-11-16(21(28)29-2)20(25-18(26)12-3-7-14(23)8-4-12)30-17(11)19(27)24-15-9-5-13(22)6-10-15/h3-10H,23H2,1-2H3,(H,24,27)(H,25,26). The Morgan fingerprint density at radius 2 is 1.60 bits per heavy atom. The largest absolute Gasteiger partial charge is 0.465 e. The Bertz CT molecular complexity index is 1110. The van der Waals surface area contributed by atoms with Gasteiger partial charge in [-0.2, -0.15) is 0 Å². The van der Waals surface area contributed by atoms with E-state index in [1.54, 1.807) is 31.2 Å². The minimum absolute atomic E-state index is 0.0931. The summed E-state index contributed by atoms with van der Waals surface area (Å²) in [5.41, 5.74) is 7.32. The van der Waals surface area contributed by atoms with E-state index < -0.39 is 23.6 Å². The fraction of sp³-hybridized carbons (Fsp3) is 0.0952. The second kappa shape index (κ2) is 8.75. The normalized spacial score (nSPS) is 10.4. The predicted octanol–water partition coefficient (Wildman–Crippen LogP) is 4.07. The molecule has 0 saturated carbocycles. The van der Waals surface area contributed by atoms with E-state index >= 15 is 0 Å². The number of nitrogen functional groups attached to an aromatic ring is 1. The molecule has 2 aromatic carbocycles. The van der Waals surface area contributed by atoms with Gasteiger partial charge in [0.1, 0.15) is 10.8 Å². The van der Waals surface area contributed by atoms with E-state index in [1.807, 2.05) is 0 Å². The number of nitrogens with one attached hydrogen (secondary N) is 2. The summed E-state index contributed by atoms with van der Waals surface area (Å²) in [5.74, 6) is -2.08. The number of carbonyl (C=O) groups is 3. The first-order valence-corrected chi connectivity index (χ1v) is 9.57. The number of nitrogens with two attached hydrogens (primary N) is 1. The van der Waals surface area contributed by atoms with Crippen LogP contribution in [0.5, 0.6) is 0 Å². The van der Waals surface area contributed by atoms with Gasteiger partial charge in [-0.15, -0.1) is 11.3 Å². The van der Waals surface area contributed by atoms with Crippen molar-refractivity contribution in [2.24, 2.45) is 0 Å². The van der Waals surface area contributed by atoms with Crippen LogP contribution in [0.25, 0.3) is 0 Å². The third kappa shape index (κ3) is 4.47. The number of hydrogen-bond donors (Lipinski definition) is 3. The van der Waals surface area contributed by atoms with Crippen LogP contribution in [0.15, 0.2) is 48.5 Å². The van der Waals surface area contributed by atoms with E-state index in [-0.39, 0.29) is 15.4 Å². The summed E-state index contributed by atoms with van der Waals surface area (Å²) in [7, 11) is 1.21. The first-order valence-electron chi connectivity index (χ1n) is 8.75. The van der Waals surface area contributed by atoms with Gasteiger partial charge in [-0.1, -0.05) is 0 Å². The van der Waals surface area contributed by atoms with Crippen molar-refractivity contribution in [3.63, 3.8) is 0 Å². The maximum atomic E-state index is 13.1. The molecule has 0 fully saturated rings. The lowest BCUT2D eigenvalue weighted by molar-refractivity contribution is 0.0601. The van der Waals surface area contributed by atoms with E-state index in [0.717, 1.165) is 11.3 Å². The van der Waals surface area contributed by atoms with Crippen molar-refractivity contribution in [3.05, 3.63) is 75.9 Å². The lowest BCUT2D eigenvalue weighted by Gasteiger charge is -2.06. The van der Waals surface area contributed by atoms with Gasteiger partial charge in [0.25, 0.3) is 11.8 Å². The van der Waals surface area contributed by atoms with Gasteiger partial charge >= 0.3 is 5.97 Å². The van der Waals surface area contributed by atoms with Crippen molar-refractivity contribution in [1.82, 2.24) is 0 Å². The molecule has 0 aliphatic rings. The Labute approximate surface area is 175 Å². The highest BCUT2D eigenvalue weighted by atomic mass is 32.1. The molecule has 2 amide bonds. The van der Waals surface area contributed by atoms with Gasteiger partial charge in [0, 0.05) is 16.9 Å². The van der Waals surface area contributed by atoms with Gasteiger partial charge in [0.15, 0.2) is 0 Å². The Hall–Kier alpha value is -3.72. The zero-order valence-corrected chi connectivity index (χ0v) is 16.9. The Balaban J connectivity index is 1.91. The molecule has 4 N–H and O–H groups in total. The summed E-state index contributed by atoms with van der Waals surface area (Å²) < 4.78 is 17.9. The number of benzene rings is 2. The molecule has 0 aliphatic heterocycles. The van der Waals surface area contributed by atoms with Gasteiger partial charge in [-0.3, -0.25) is 9.59 Å². The Kier molecular flexibility index (Phi) is 6.12. The van der Waals surface area contributed by atoms with Crippen LogP contribution in [0.4, 0.5) is 20.8 Å². The molecule has 0 bridgehead atoms. The number of amides is 2. The number of methoxy groups -OCH3 is 1. The van der Waals surface area contributed by atoms with E-state index in [2.05, 4.69) is 10.6 Å². The Morgan fingerprint density at radius 3 is 2.20 bits per heavy atom. The third-order valence-electron chi connectivity index (χ3n) is 4.24. The molecule has 0 atom stereocenters. The highest BCUT2D eigenvalue weighted by Gasteiger charge is 2.26. The molecule has 154 valence electrons. The van der Waals surface area contributed by atoms with E-state index in [4.69, 9.17) is 10.5 Å². The molecule has 0 unspecified atom stereocenters. The molecule has 3 rings (SSSR count). The molecule has 1 aromatic heterocycles. The fourth-order valence-corrected chi connectivity index (χ4v) is 3.78. The van der Waals surface area contributed by atoms with Gasteiger partial charge < -0.3 is 21.1 Å². The molecule has 7 nitrogen and oxygen atoms in total. The van der Waals surface area contributed by atoms with Crippen molar-refractivity contribution in [3.8, 4) is 0 Å². The minimum atomic E-state index is -0.683. The van der Waals surface area contributed by atoms with Crippen LogP contribution in [0, 0.1) is 12.7 Å². The van der Waals surface area contributed by atoms with Crippen LogP contribution in [0.1, 0.15) is 36.0 Å². The number of carbonyl (C=O) groups excluding carboxylic acids is 3. The number of anilines is 3. The van der Waals surface area contributed by atoms with Gasteiger partial charge in [-0.05, 0) is 61.0 Å². The van der Waals surface area contributed by atoms with Crippen molar-refractivity contribution < 1.29 is 23.5 Å². The maximum absolute atomic E-state index is 13.1. The van der Waals surface area contributed by atoms with Crippen molar-refractivity contribution >= 4 is 45.5 Å². The quantitative estimate of drug-likeness (QED) is 0.420. The molecule has 0 spiro atoms. The molecule has 9 heteroatoms. The van der Waals surface area contributed by atoms with Crippen LogP contribution in [-0.2, 0) is 4.74 Å². The highest BCUT2D eigenvalue weighted by Crippen LogP contribution is 2.34. The van der Waals surface area contributed by atoms with Crippen molar-refractivity contribution in [2.45, 2.75) is 6.92 Å². The van der Waals surface area contributed by atoms with Crippen LogP contribution in [0.2, 0.25) is 0 Å².